The van der Waals surface area contributed by atoms with E-state index in [1.54, 1.807) is 7.11 Å². The van der Waals surface area contributed by atoms with Crippen molar-refractivity contribution in [2.45, 2.75) is 33.6 Å². The third-order valence-electron chi connectivity index (χ3n) is 4.02. The normalized spacial score (nSPS) is 11.0. The first-order valence-corrected chi connectivity index (χ1v) is 8.71. The number of aryl methyl sites for hydroxylation is 2. The molecular weight excluding hydrogens is 443 g/mol. The highest BCUT2D eigenvalue weighted by Crippen LogP contribution is 2.13. The molecule has 0 amide bonds. The first-order chi connectivity index (χ1) is 12.1. The van der Waals surface area contributed by atoms with Crippen molar-refractivity contribution in [2.75, 3.05) is 26.7 Å². The zero-order chi connectivity index (χ0) is 18.1. The van der Waals surface area contributed by atoms with Crippen molar-refractivity contribution in [2.24, 2.45) is 4.99 Å². The van der Waals surface area contributed by atoms with Gasteiger partial charge >= 0.3 is 0 Å². The summed E-state index contributed by atoms with van der Waals surface area (Å²) in [6.07, 6.45) is 1.76. The van der Waals surface area contributed by atoms with E-state index in [0.717, 1.165) is 54.7 Å². The maximum Gasteiger partial charge on any atom is 0.191 e. The number of methoxy groups -OCH3 is 1. The lowest BCUT2D eigenvalue weighted by Crippen LogP contribution is -2.38. The maximum atomic E-state index is 5.19. The molecule has 0 aliphatic carbocycles. The number of hydrogen-bond acceptors (Lipinski definition) is 4. The molecule has 0 fully saturated rings. The Morgan fingerprint density at radius 3 is 2.46 bits per heavy atom. The highest BCUT2D eigenvalue weighted by atomic mass is 127. The van der Waals surface area contributed by atoms with Crippen LogP contribution in [0.3, 0.4) is 0 Å². The topological polar surface area (TPSA) is 71.7 Å². The van der Waals surface area contributed by atoms with Crippen LogP contribution in [-0.2, 0) is 12.8 Å². The summed E-state index contributed by atoms with van der Waals surface area (Å²) >= 11 is 0. The van der Waals surface area contributed by atoms with E-state index < -0.39 is 0 Å². The zero-order valence-corrected chi connectivity index (χ0v) is 18.3. The smallest absolute Gasteiger partial charge is 0.191 e. The molecule has 2 N–H and O–H groups in total. The molecule has 144 valence electrons. The highest BCUT2D eigenvalue weighted by Gasteiger charge is 2.08. The summed E-state index contributed by atoms with van der Waals surface area (Å²) < 4.78 is 10.4. The number of halogens is 1. The van der Waals surface area contributed by atoms with Gasteiger partial charge in [0.1, 0.15) is 11.5 Å². The van der Waals surface area contributed by atoms with Gasteiger partial charge in [-0.3, -0.25) is 4.99 Å². The Kier molecular flexibility index (Phi) is 10.1. The Bertz CT molecular complexity index is 664. The number of nitrogens with zero attached hydrogens (tertiary/aromatic N) is 2. The largest absolute Gasteiger partial charge is 0.497 e. The minimum Gasteiger partial charge on any atom is -0.497 e. The van der Waals surface area contributed by atoms with E-state index in [-0.39, 0.29) is 24.0 Å². The van der Waals surface area contributed by atoms with Crippen LogP contribution in [0.2, 0.25) is 0 Å². The van der Waals surface area contributed by atoms with Crippen LogP contribution < -0.4 is 15.4 Å². The van der Waals surface area contributed by atoms with Crippen molar-refractivity contribution >= 4 is 29.9 Å². The number of guanidine groups is 1. The van der Waals surface area contributed by atoms with Crippen molar-refractivity contribution in [1.29, 1.82) is 0 Å². The van der Waals surface area contributed by atoms with E-state index >= 15 is 0 Å². The third-order valence-corrected chi connectivity index (χ3v) is 4.02. The molecule has 0 atom stereocenters. The van der Waals surface area contributed by atoms with E-state index in [9.17, 15) is 0 Å². The number of aromatic nitrogens is 1. The Labute approximate surface area is 172 Å². The van der Waals surface area contributed by atoms with Gasteiger partial charge in [-0.2, -0.15) is 0 Å². The molecule has 0 radical (unpaired) electrons. The summed E-state index contributed by atoms with van der Waals surface area (Å²) in [5, 5.41) is 10.6. The first-order valence-electron chi connectivity index (χ1n) is 8.71. The fraction of sp³-hybridized carbons (Fsp3) is 0.474. The van der Waals surface area contributed by atoms with Crippen molar-refractivity contribution < 1.29 is 9.26 Å². The lowest BCUT2D eigenvalue weighted by atomic mass is 10.1. The zero-order valence-electron chi connectivity index (χ0n) is 16.0. The van der Waals surface area contributed by atoms with Crippen LogP contribution in [0, 0.1) is 13.8 Å². The molecule has 0 aliphatic rings. The lowest BCUT2D eigenvalue weighted by molar-refractivity contribution is 0.392. The Morgan fingerprint density at radius 1 is 1.15 bits per heavy atom. The maximum absolute atomic E-state index is 5.19. The van der Waals surface area contributed by atoms with Crippen molar-refractivity contribution in [3.05, 3.63) is 46.8 Å². The number of hydrogen-bond donors (Lipinski definition) is 2. The van der Waals surface area contributed by atoms with Crippen LogP contribution in [0.1, 0.15) is 29.5 Å². The molecule has 1 aromatic carbocycles. The van der Waals surface area contributed by atoms with E-state index in [0.29, 0.717) is 6.54 Å². The SMILES string of the molecule is CCNC(=NCCc1c(C)noc1C)NCCc1ccc(OC)cc1.I. The molecule has 26 heavy (non-hydrogen) atoms. The van der Waals surface area contributed by atoms with Crippen molar-refractivity contribution in [3.63, 3.8) is 0 Å². The monoisotopic (exact) mass is 472 g/mol. The number of rotatable bonds is 8. The minimum atomic E-state index is 0. The number of benzene rings is 1. The van der Waals surface area contributed by atoms with Gasteiger partial charge in [0, 0.05) is 25.2 Å². The molecule has 0 saturated heterocycles. The summed E-state index contributed by atoms with van der Waals surface area (Å²) in [6, 6.07) is 8.14. The second-order valence-electron chi connectivity index (χ2n) is 5.84. The molecule has 1 aromatic heterocycles. The van der Waals surface area contributed by atoms with Gasteiger partial charge in [-0.05, 0) is 51.3 Å². The molecule has 1 heterocycles. The summed E-state index contributed by atoms with van der Waals surface area (Å²) in [7, 11) is 1.68. The van der Waals surface area contributed by atoms with Gasteiger partial charge in [-0.1, -0.05) is 17.3 Å². The van der Waals surface area contributed by atoms with E-state index in [1.807, 2.05) is 26.0 Å². The molecule has 0 unspecified atom stereocenters. The quantitative estimate of drug-likeness (QED) is 0.351. The molecule has 0 bridgehead atoms. The number of ether oxygens (including phenoxy) is 1. The summed E-state index contributed by atoms with van der Waals surface area (Å²) in [5.74, 6) is 2.60. The molecular formula is C19H29IN4O2. The Morgan fingerprint density at radius 2 is 1.88 bits per heavy atom. The summed E-state index contributed by atoms with van der Waals surface area (Å²) in [6.45, 7) is 8.32. The van der Waals surface area contributed by atoms with Crippen LogP contribution in [0.4, 0.5) is 0 Å². The predicted octanol–water partition coefficient (Wildman–Crippen LogP) is 3.26. The summed E-state index contributed by atoms with van der Waals surface area (Å²) in [5.41, 5.74) is 3.36. The van der Waals surface area contributed by atoms with Crippen LogP contribution in [0.25, 0.3) is 0 Å². The van der Waals surface area contributed by atoms with Gasteiger partial charge in [0.05, 0.1) is 12.8 Å². The highest BCUT2D eigenvalue weighted by molar-refractivity contribution is 14.0. The van der Waals surface area contributed by atoms with E-state index in [2.05, 4.69) is 39.8 Å². The second-order valence-corrected chi connectivity index (χ2v) is 5.84. The fourth-order valence-corrected chi connectivity index (χ4v) is 2.60. The number of nitrogens with one attached hydrogen (secondary N) is 2. The van der Waals surface area contributed by atoms with Crippen LogP contribution >= 0.6 is 24.0 Å². The average Bonchev–Trinajstić information content (AvgIpc) is 2.94. The molecule has 6 nitrogen and oxygen atoms in total. The number of aliphatic imine (C=N–C) groups is 1. The minimum absolute atomic E-state index is 0. The molecule has 2 aromatic rings. The standard InChI is InChI=1S/C19H28N4O2.HI/c1-5-20-19(22-13-11-18-14(2)23-25-15(18)3)21-12-10-16-6-8-17(24-4)9-7-16;/h6-9H,5,10-13H2,1-4H3,(H2,20,21,22);1H. The van der Waals surface area contributed by atoms with Gasteiger partial charge in [0.25, 0.3) is 0 Å². The molecule has 2 rings (SSSR count). The van der Waals surface area contributed by atoms with Gasteiger partial charge in [0.2, 0.25) is 0 Å². The molecule has 7 heteroatoms. The second kappa shape index (κ2) is 11.8. The molecule has 0 saturated carbocycles. The van der Waals surface area contributed by atoms with Gasteiger partial charge in [-0.25, -0.2) is 0 Å². The Balaban J connectivity index is 0.00000338. The van der Waals surface area contributed by atoms with Gasteiger partial charge < -0.3 is 19.9 Å². The third kappa shape index (κ3) is 6.86. The van der Waals surface area contributed by atoms with Crippen LogP contribution in [-0.4, -0.2) is 37.9 Å². The van der Waals surface area contributed by atoms with E-state index in [1.165, 1.54) is 5.56 Å². The van der Waals surface area contributed by atoms with Gasteiger partial charge in [0.15, 0.2) is 5.96 Å². The first kappa shape index (κ1) is 22.3. The molecule has 0 aliphatic heterocycles. The van der Waals surface area contributed by atoms with E-state index in [4.69, 9.17) is 9.26 Å². The van der Waals surface area contributed by atoms with Crippen molar-refractivity contribution in [1.82, 2.24) is 15.8 Å². The fourth-order valence-electron chi connectivity index (χ4n) is 2.60. The molecule has 0 spiro atoms. The van der Waals surface area contributed by atoms with Crippen molar-refractivity contribution in [3.8, 4) is 5.75 Å². The Hall–Kier alpha value is -1.77. The van der Waals surface area contributed by atoms with Crippen LogP contribution in [0.5, 0.6) is 5.75 Å². The summed E-state index contributed by atoms with van der Waals surface area (Å²) in [4.78, 5) is 4.63. The average molecular weight is 472 g/mol. The lowest BCUT2D eigenvalue weighted by Gasteiger charge is -2.11. The van der Waals surface area contributed by atoms with Crippen LogP contribution in [0.15, 0.2) is 33.8 Å². The predicted molar refractivity (Wildman–Crippen MR) is 116 cm³/mol. The van der Waals surface area contributed by atoms with Gasteiger partial charge in [-0.15, -0.1) is 24.0 Å².